The molecule has 0 aromatic carbocycles. The number of carbonyl (C=O) groups is 2. The summed E-state index contributed by atoms with van der Waals surface area (Å²) in [5, 5.41) is 5.35. The highest BCUT2D eigenvalue weighted by molar-refractivity contribution is 7.99. The molecule has 1 aliphatic heterocycles. The number of amides is 3. The predicted molar refractivity (Wildman–Crippen MR) is 101 cm³/mol. The number of morpholine rings is 1. The van der Waals surface area contributed by atoms with Crippen LogP contribution in [0.5, 0.6) is 0 Å². The Morgan fingerprint density at radius 2 is 1.93 bits per heavy atom. The van der Waals surface area contributed by atoms with E-state index in [0.29, 0.717) is 31.3 Å². The van der Waals surface area contributed by atoms with Crippen LogP contribution < -0.4 is 10.6 Å². The molecule has 1 aliphatic rings. The van der Waals surface area contributed by atoms with Crippen molar-refractivity contribution in [1.82, 2.24) is 19.9 Å². The zero-order valence-electron chi connectivity index (χ0n) is 15.5. The summed E-state index contributed by atoms with van der Waals surface area (Å²) in [7, 11) is -3.59. The first-order valence-corrected chi connectivity index (χ1v) is 10.8. The molecule has 27 heavy (non-hydrogen) atoms. The van der Waals surface area contributed by atoms with E-state index in [9.17, 15) is 18.0 Å². The number of hydrogen-bond acceptors (Lipinski definition) is 7. The summed E-state index contributed by atoms with van der Waals surface area (Å²) in [4.78, 5) is 27.6. The Kier molecular flexibility index (Phi) is 7.20. The van der Waals surface area contributed by atoms with Gasteiger partial charge in [-0.3, -0.25) is 10.1 Å². The molecule has 3 amide bonds. The number of hydrogen-bond donors (Lipinski definition) is 2. The van der Waals surface area contributed by atoms with Crippen LogP contribution in [0.15, 0.2) is 28.3 Å². The standard InChI is InChI=1S/C16H24N4O5S2/c1-16(2,3)19-15(22)18-13(21)11-26-14-5-4-12(10-17-14)27(23,24)20-6-8-25-9-7-20/h4-5,10H,6-9,11H2,1-3H3,(H2,18,19,21,22). The Morgan fingerprint density at radius 3 is 2.48 bits per heavy atom. The van der Waals surface area contributed by atoms with E-state index in [1.165, 1.54) is 16.6 Å². The highest BCUT2D eigenvalue weighted by Gasteiger charge is 2.26. The summed E-state index contributed by atoms with van der Waals surface area (Å²) in [6.07, 6.45) is 1.28. The van der Waals surface area contributed by atoms with Crippen molar-refractivity contribution >= 4 is 33.7 Å². The van der Waals surface area contributed by atoms with E-state index in [0.717, 1.165) is 11.8 Å². The zero-order chi connectivity index (χ0) is 20.1. The molecule has 1 saturated heterocycles. The van der Waals surface area contributed by atoms with Crippen molar-refractivity contribution in [1.29, 1.82) is 0 Å². The number of nitrogens with one attached hydrogen (secondary N) is 2. The normalized spacial score (nSPS) is 16.0. The maximum absolute atomic E-state index is 12.5. The molecule has 1 fully saturated rings. The molecule has 0 radical (unpaired) electrons. The van der Waals surface area contributed by atoms with E-state index < -0.39 is 27.5 Å². The van der Waals surface area contributed by atoms with Gasteiger partial charge in [0.15, 0.2) is 0 Å². The molecule has 2 heterocycles. The SMILES string of the molecule is CC(C)(C)NC(=O)NC(=O)CSc1ccc(S(=O)(=O)N2CCOCC2)cn1. The number of rotatable bonds is 5. The van der Waals surface area contributed by atoms with Gasteiger partial charge in [0.1, 0.15) is 4.90 Å². The second-order valence-corrected chi connectivity index (χ2v) is 9.82. The van der Waals surface area contributed by atoms with Crippen LogP contribution in [0.1, 0.15) is 20.8 Å². The molecule has 2 N–H and O–H groups in total. The van der Waals surface area contributed by atoms with Crippen LogP contribution in [-0.4, -0.2) is 67.2 Å². The average Bonchev–Trinajstić information content (AvgIpc) is 2.59. The fourth-order valence-corrected chi connectivity index (χ4v) is 4.21. The molecule has 0 aliphatic carbocycles. The third-order valence-electron chi connectivity index (χ3n) is 3.41. The van der Waals surface area contributed by atoms with Crippen molar-refractivity contribution in [3.63, 3.8) is 0 Å². The van der Waals surface area contributed by atoms with Crippen LogP contribution in [0.2, 0.25) is 0 Å². The molecule has 0 saturated carbocycles. The molecule has 2 rings (SSSR count). The molecule has 0 spiro atoms. The Bertz CT molecular complexity index is 769. The number of thioether (sulfide) groups is 1. The molecular weight excluding hydrogens is 392 g/mol. The number of aromatic nitrogens is 1. The molecule has 150 valence electrons. The van der Waals surface area contributed by atoms with E-state index in [2.05, 4.69) is 15.6 Å². The number of urea groups is 1. The molecule has 9 nitrogen and oxygen atoms in total. The molecule has 11 heteroatoms. The third-order valence-corrected chi connectivity index (χ3v) is 6.24. The number of pyridine rings is 1. The number of carbonyl (C=O) groups excluding carboxylic acids is 2. The topological polar surface area (TPSA) is 118 Å². The Balaban J connectivity index is 1.88. The highest BCUT2D eigenvalue weighted by Crippen LogP contribution is 2.20. The number of sulfonamides is 1. The minimum absolute atomic E-state index is 0.0138. The Hall–Kier alpha value is -1.69. The fourth-order valence-electron chi connectivity index (χ4n) is 2.21. The van der Waals surface area contributed by atoms with Crippen molar-refractivity contribution < 1.29 is 22.7 Å². The van der Waals surface area contributed by atoms with Crippen molar-refractivity contribution in [2.75, 3.05) is 32.1 Å². The van der Waals surface area contributed by atoms with Gasteiger partial charge in [0, 0.05) is 24.8 Å². The summed E-state index contributed by atoms with van der Waals surface area (Å²) < 4.78 is 31.6. The number of ether oxygens (including phenoxy) is 1. The van der Waals surface area contributed by atoms with Crippen LogP contribution in [0.3, 0.4) is 0 Å². The Morgan fingerprint density at radius 1 is 1.26 bits per heavy atom. The molecule has 1 aromatic heterocycles. The van der Waals surface area contributed by atoms with Gasteiger partial charge < -0.3 is 10.1 Å². The van der Waals surface area contributed by atoms with Gasteiger partial charge in [-0.25, -0.2) is 18.2 Å². The monoisotopic (exact) mass is 416 g/mol. The third kappa shape index (κ3) is 6.76. The van der Waals surface area contributed by atoms with Crippen molar-refractivity contribution in [3.05, 3.63) is 18.3 Å². The smallest absolute Gasteiger partial charge is 0.321 e. The summed E-state index contributed by atoms with van der Waals surface area (Å²) in [6.45, 7) is 6.80. The van der Waals surface area contributed by atoms with E-state index >= 15 is 0 Å². The molecule has 0 unspecified atom stereocenters. The quantitative estimate of drug-likeness (QED) is 0.682. The van der Waals surface area contributed by atoms with Crippen molar-refractivity contribution in [2.45, 2.75) is 36.2 Å². The zero-order valence-corrected chi connectivity index (χ0v) is 17.2. The molecule has 0 bridgehead atoms. The van der Waals surface area contributed by atoms with Crippen molar-refractivity contribution in [2.24, 2.45) is 0 Å². The summed E-state index contributed by atoms with van der Waals surface area (Å²) in [5.74, 6) is -0.478. The summed E-state index contributed by atoms with van der Waals surface area (Å²) >= 11 is 1.11. The molecule has 0 atom stereocenters. The van der Waals surface area contributed by atoms with Gasteiger partial charge >= 0.3 is 6.03 Å². The minimum Gasteiger partial charge on any atom is -0.379 e. The predicted octanol–water partition coefficient (Wildman–Crippen LogP) is 0.819. The number of nitrogens with zero attached hydrogens (tertiary/aromatic N) is 2. The maximum Gasteiger partial charge on any atom is 0.321 e. The average molecular weight is 417 g/mol. The van der Waals surface area contributed by atoms with Crippen LogP contribution in [0.4, 0.5) is 4.79 Å². The first-order chi connectivity index (χ1) is 12.6. The van der Waals surface area contributed by atoms with Gasteiger partial charge in [-0.1, -0.05) is 11.8 Å². The van der Waals surface area contributed by atoms with Crippen LogP contribution >= 0.6 is 11.8 Å². The maximum atomic E-state index is 12.5. The first kappa shape index (κ1) is 21.6. The highest BCUT2D eigenvalue weighted by atomic mass is 32.2. The van der Waals surface area contributed by atoms with Gasteiger partial charge in [-0.2, -0.15) is 4.31 Å². The minimum atomic E-state index is -3.59. The Labute approximate surface area is 163 Å². The van der Waals surface area contributed by atoms with Crippen LogP contribution in [0, 0.1) is 0 Å². The summed E-state index contributed by atoms with van der Waals surface area (Å²) in [6, 6.07) is 2.44. The molecular formula is C16H24N4O5S2. The lowest BCUT2D eigenvalue weighted by molar-refractivity contribution is -0.117. The van der Waals surface area contributed by atoms with E-state index in [4.69, 9.17) is 4.74 Å². The lowest BCUT2D eigenvalue weighted by atomic mass is 10.1. The number of imide groups is 1. The van der Waals surface area contributed by atoms with Gasteiger partial charge in [-0.05, 0) is 32.9 Å². The van der Waals surface area contributed by atoms with Crippen LogP contribution in [-0.2, 0) is 19.6 Å². The lowest BCUT2D eigenvalue weighted by Crippen LogP contribution is -2.48. The van der Waals surface area contributed by atoms with Gasteiger partial charge in [0.2, 0.25) is 15.9 Å². The second-order valence-electron chi connectivity index (χ2n) is 6.89. The van der Waals surface area contributed by atoms with E-state index in [-0.39, 0.29) is 10.6 Å². The first-order valence-electron chi connectivity index (χ1n) is 8.37. The van der Waals surface area contributed by atoms with E-state index in [1.807, 2.05) is 20.8 Å². The molecule has 1 aromatic rings. The van der Waals surface area contributed by atoms with Crippen molar-refractivity contribution in [3.8, 4) is 0 Å². The second kappa shape index (κ2) is 9.00. The van der Waals surface area contributed by atoms with Crippen LogP contribution in [0.25, 0.3) is 0 Å². The fraction of sp³-hybridized carbons (Fsp3) is 0.562. The largest absolute Gasteiger partial charge is 0.379 e. The summed E-state index contributed by atoms with van der Waals surface area (Å²) in [5.41, 5.74) is -0.444. The van der Waals surface area contributed by atoms with E-state index in [1.54, 1.807) is 6.07 Å². The lowest BCUT2D eigenvalue weighted by Gasteiger charge is -2.25. The van der Waals surface area contributed by atoms with Gasteiger partial charge in [-0.15, -0.1) is 0 Å². The van der Waals surface area contributed by atoms with Gasteiger partial charge in [0.05, 0.1) is 24.0 Å². The van der Waals surface area contributed by atoms with Gasteiger partial charge in [0.25, 0.3) is 0 Å².